The lowest BCUT2D eigenvalue weighted by atomic mass is 9.94. The number of methoxy groups -OCH3 is 1. The standard InChI is InChI=1S/C25H27N5O3S/c1-15-19-12-23(28-16-10-21(29(2)34-4)25(32-3)27-13-16)26-14-20(19)18-8-7-17(11-22(18)33-15)30-9-5-6-24(30)31/h7-8,10-15H,5-6,9H2,1-4H3,(H,26,28). The molecule has 1 N–H and O–H groups in total. The van der Waals surface area contributed by atoms with Crippen molar-refractivity contribution < 1.29 is 14.3 Å². The van der Waals surface area contributed by atoms with E-state index in [-0.39, 0.29) is 12.0 Å². The van der Waals surface area contributed by atoms with Crippen LogP contribution in [0.2, 0.25) is 0 Å². The summed E-state index contributed by atoms with van der Waals surface area (Å²) in [6, 6.07) is 9.98. The van der Waals surface area contributed by atoms with Gasteiger partial charge in [-0.3, -0.25) is 4.79 Å². The van der Waals surface area contributed by atoms with Gasteiger partial charge in [-0.25, -0.2) is 9.97 Å². The minimum Gasteiger partial charge on any atom is -0.485 e. The molecule has 1 aromatic carbocycles. The summed E-state index contributed by atoms with van der Waals surface area (Å²) in [5.41, 5.74) is 5.65. The maximum atomic E-state index is 12.2. The molecule has 0 spiro atoms. The van der Waals surface area contributed by atoms with Gasteiger partial charge in [0.15, 0.2) is 0 Å². The highest BCUT2D eigenvalue weighted by Crippen LogP contribution is 2.44. The number of hydrogen-bond donors (Lipinski definition) is 1. The van der Waals surface area contributed by atoms with E-state index in [4.69, 9.17) is 9.47 Å². The first-order valence-electron chi connectivity index (χ1n) is 11.2. The van der Waals surface area contributed by atoms with Crippen LogP contribution in [0.25, 0.3) is 11.1 Å². The minimum atomic E-state index is -0.150. The smallest absolute Gasteiger partial charge is 0.238 e. The molecule has 8 nitrogen and oxygen atoms in total. The van der Waals surface area contributed by atoms with Crippen molar-refractivity contribution in [1.29, 1.82) is 0 Å². The Balaban J connectivity index is 1.44. The summed E-state index contributed by atoms with van der Waals surface area (Å²) in [5.74, 6) is 2.22. The minimum absolute atomic E-state index is 0.150. The van der Waals surface area contributed by atoms with Crippen molar-refractivity contribution in [2.75, 3.05) is 41.5 Å². The van der Waals surface area contributed by atoms with Crippen molar-refractivity contribution in [1.82, 2.24) is 9.97 Å². The molecule has 34 heavy (non-hydrogen) atoms. The first-order chi connectivity index (χ1) is 16.5. The van der Waals surface area contributed by atoms with E-state index in [0.717, 1.165) is 52.5 Å². The van der Waals surface area contributed by atoms with E-state index >= 15 is 0 Å². The van der Waals surface area contributed by atoms with Crippen LogP contribution >= 0.6 is 11.9 Å². The fraction of sp³-hybridized carbons (Fsp3) is 0.320. The summed E-state index contributed by atoms with van der Waals surface area (Å²) < 4.78 is 13.7. The molecule has 2 aliphatic heterocycles. The first kappa shape index (κ1) is 22.3. The second-order valence-electron chi connectivity index (χ2n) is 8.30. The van der Waals surface area contributed by atoms with Gasteiger partial charge in [0.2, 0.25) is 11.8 Å². The molecule has 5 rings (SSSR count). The van der Waals surface area contributed by atoms with Gasteiger partial charge < -0.3 is 24.0 Å². The van der Waals surface area contributed by atoms with Gasteiger partial charge in [-0.05, 0) is 37.6 Å². The molecule has 0 radical (unpaired) electrons. The zero-order valence-corrected chi connectivity index (χ0v) is 20.5. The van der Waals surface area contributed by atoms with Crippen molar-refractivity contribution >= 4 is 40.7 Å². The van der Waals surface area contributed by atoms with Gasteiger partial charge in [0.05, 0.1) is 19.0 Å². The van der Waals surface area contributed by atoms with Gasteiger partial charge >= 0.3 is 0 Å². The Hall–Kier alpha value is -3.46. The number of hydrogen-bond acceptors (Lipinski definition) is 8. The van der Waals surface area contributed by atoms with Crippen LogP contribution in [-0.4, -0.2) is 42.8 Å². The SMILES string of the molecule is COc1ncc(Nc2cc3c(cn2)-c2ccc(N4CCCC4=O)cc2OC3C)cc1N(C)SC. The number of benzene rings is 1. The van der Waals surface area contributed by atoms with Gasteiger partial charge in [-0.2, -0.15) is 0 Å². The molecule has 0 bridgehead atoms. The average molecular weight is 478 g/mol. The Morgan fingerprint density at radius 2 is 2.06 bits per heavy atom. The van der Waals surface area contributed by atoms with Crippen molar-refractivity contribution in [2.45, 2.75) is 25.9 Å². The molecule has 0 aliphatic carbocycles. The number of aromatic nitrogens is 2. The maximum Gasteiger partial charge on any atom is 0.238 e. The van der Waals surface area contributed by atoms with E-state index in [2.05, 4.69) is 15.3 Å². The molecule has 176 valence electrons. The fourth-order valence-electron chi connectivity index (χ4n) is 4.41. The first-order valence-corrected chi connectivity index (χ1v) is 12.4. The highest BCUT2D eigenvalue weighted by atomic mass is 32.2. The third-order valence-electron chi connectivity index (χ3n) is 6.23. The molecule has 4 heterocycles. The van der Waals surface area contributed by atoms with Crippen LogP contribution in [0.4, 0.5) is 22.9 Å². The van der Waals surface area contributed by atoms with E-state index in [1.54, 1.807) is 25.3 Å². The van der Waals surface area contributed by atoms with E-state index in [9.17, 15) is 4.79 Å². The molecule has 2 aromatic heterocycles. The Kier molecular flexibility index (Phi) is 5.95. The summed E-state index contributed by atoms with van der Waals surface area (Å²) in [5, 5.41) is 3.36. The van der Waals surface area contributed by atoms with Crippen LogP contribution in [0.3, 0.4) is 0 Å². The van der Waals surface area contributed by atoms with E-state index in [1.165, 1.54) is 0 Å². The Labute approximate surface area is 203 Å². The second kappa shape index (κ2) is 9.06. The predicted molar refractivity (Wildman–Crippen MR) is 136 cm³/mol. The third-order valence-corrected chi connectivity index (χ3v) is 6.97. The molecule has 2 aliphatic rings. The number of amides is 1. The van der Waals surface area contributed by atoms with Crippen LogP contribution in [0.15, 0.2) is 42.7 Å². The number of anilines is 4. The number of ether oxygens (including phenoxy) is 2. The molecule has 1 fully saturated rings. The fourth-order valence-corrected chi connectivity index (χ4v) is 4.74. The van der Waals surface area contributed by atoms with Crippen LogP contribution < -0.4 is 24.0 Å². The Bertz CT molecular complexity index is 1250. The molecule has 1 atom stereocenters. The lowest BCUT2D eigenvalue weighted by molar-refractivity contribution is -0.117. The topological polar surface area (TPSA) is 79.8 Å². The normalized spacial score (nSPS) is 16.5. The van der Waals surface area contributed by atoms with Gasteiger partial charge in [-0.1, -0.05) is 11.9 Å². The highest BCUT2D eigenvalue weighted by Gasteiger charge is 2.27. The molecule has 0 saturated carbocycles. The zero-order valence-electron chi connectivity index (χ0n) is 19.7. The molecular weight excluding hydrogens is 450 g/mol. The zero-order chi connectivity index (χ0) is 23.8. The Morgan fingerprint density at radius 1 is 1.21 bits per heavy atom. The predicted octanol–water partition coefficient (Wildman–Crippen LogP) is 5.19. The van der Waals surface area contributed by atoms with Crippen molar-refractivity contribution in [3.63, 3.8) is 0 Å². The maximum absolute atomic E-state index is 12.2. The van der Waals surface area contributed by atoms with Gasteiger partial charge in [0, 0.05) is 60.9 Å². The monoisotopic (exact) mass is 477 g/mol. The van der Waals surface area contributed by atoms with Gasteiger partial charge in [-0.15, -0.1) is 0 Å². The summed E-state index contributed by atoms with van der Waals surface area (Å²) in [6.07, 6.45) is 6.96. The molecule has 1 saturated heterocycles. The summed E-state index contributed by atoms with van der Waals surface area (Å²) in [4.78, 5) is 23.1. The highest BCUT2D eigenvalue weighted by molar-refractivity contribution is 7.99. The van der Waals surface area contributed by atoms with Crippen LogP contribution in [-0.2, 0) is 4.79 Å². The molecular formula is C25H27N5O3S. The van der Waals surface area contributed by atoms with Crippen LogP contribution in [0, 0.1) is 0 Å². The second-order valence-corrected chi connectivity index (χ2v) is 9.22. The number of carbonyl (C=O) groups is 1. The number of nitrogens with zero attached hydrogens (tertiary/aromatic N) is 4. The summed E-state index contributed by atoms with van der Waals surface area (Å²) in [6.45, 7) is 2.79. The number of fused-ring (bicyclic) bond motifs is 3. The largest absolute Gasteiger partial charge is 0.485 e. The van der Waals surface area contributed by atoms with Gasteiger partial charge in [0.1, 0.15) is 23.4 Å². The van der Waals surface area contributed by atoms with Gasteiger partial charge in [0.25, 0.3) is 0 Å². The summed E-state index contributed by atoms with van der Waals surface area (Å²) >= 11 is 1.58. The van der Waals surface area contributed by atoms with E-state index in [0.29, 0.717) is 18.1 Å². The number of rotatable bonds is 6. The van der Waals surface area contributed by atoms with E-state index in [1.807, 2.05) is 66.0 Å². The van der Waals surface area contributed by atoms with Crippen LogP contribution in [0.1, 0.15) is 31.4 Å². The number of carbonyl (C=O) groups excluding carboxylic acids is 1. The van der Waals surface area contributed by atoms with Crippen LogP contribution in [0.5, 0.6) is 11.6 Å². The lowest BCUT2D eigenvalue weighted by Crippen LogP contribution is -2.24. The summed E-state index contributed by atoms with van der Waals surface area (Å²) in [7, 11) is 3.58. The number of nitrogens with one attached hydrogen (secondary N) is 1. The van der Waals surface area contributed by atoms with Crippen molar-refractivity contribution in [3.8, 4) is 22.8 Å². The quantitative estimate of drug-likeness (QED) is 0.486. The Morgan fingerprint density at radius 3 is 2.79 bits per heavy atom. The average Bonchev–Trinajstić information content (AvgIpc) is 3.29. The van der Waals surface area contributed by atoms with E-state index < -0.39 is 0 Å². The number of pyridine rings is 2. The molecule has 3 aromatic rings. The molecule has 9 heteroatoms. The lowest BCUT2D eigenvalue weighted by Gasteiger charge is -2.28. The third kappa shape index (κ3) is 4.00. The van der Waals surface area contributed by atoms with Crippen molar-refractivity contribution in [3.05, 3.63) is 48.3 Å². The molecule has 1 amide bonds. The molecule has 1 unspecified atom stereocenters. The van der Waals surface area contributed by atoms with Crippen molar-refractivity contribution in [2.24, 2.45) is 0 Å².